The van der Waals surface area contributed by atoms with Crippen LogP contribution in [0.15, 0.2) is 78.2 Å². The van der Waals surface area contributed by atoms with E-state index in [9.17, 15) is 4.79 Å². The van der Waals surface area contributed by atoms with Gasteiger partial charge in [-0.1, -0.05) is 41.9 Å². The number of anilines is 1. The number of hydrogen-bond donors (Lipinski definition) is 1. The maximum atomic E-state index is 12.4. The first-order chi connectivity index (χ1) is 14.1. The Morgan fingerprint density at radius 3 is 2.45 bits per heavy atom. The lowest BCUT2D eigenvalue weighted by atomic mass is 10.1. The number of hydrogen-bond acceptors (Lipinski definition) is 4. The summed E-state index contributed by atoms with van der Waals surface area (Å²) in [5.74, 6) is -0.256. The quantitative estimate of drug-likeness (QED) is 0.428. The zero-order valence-corrected chi connectivity index (χ0v) is 16.7. The lowest BCUT2D eigenvalue weighted by molar-refractivity contribution is 0.102. The molecule has 0 spiro atoms. The molecule has 4 rings (SSSR count). The molecule has 0 aliphatic rings. The number of halogens is 1. The Bertz CT molecular complexity index is 1210. The summed E-state index contributed by atoms with van der Waals surface area (Å²) >= 11 is 7.51. The van der Waals surface area contributed by atoms with Gasteiger partial charge in [-0.15, -0.1) is 11.3 Å². The monoisotopic (exact) mass is 415 g/mol. The van der Waals surface area contributed by atoms with E-state index >= 15 is 0 Å². The normalized spacial score (nSPS) is 10.3. The largest absolute Gasteiger partial charge is 0.322 e. The highest BCUT2D eigenvalue weighted by Crippen LogP contribution is 2.30. The van der Waals surface area contributed by atoms with Crippen LogP contribution in [0, 0.1) is 11.3 Å². The molecule has 0 fully saturated rings. The fourth-order valence-corrected chi connectivity index (χ4v) is 3.75. The smallest absolute Gasteiger partial charge is 0.255 e. The average Bonchev–Trinajstić information content (AvgIpc) is 3.25. The molecule has 4 nitrogen and oxygen atoms in total. The summed E-state index contributed by atoms with van der Waals surface area (Å²) in [4.78, 5) is 17.1. The van der Waals surface area contributed by atoms with Crippen LogP contribution < -0.4 is 5.32 Å². The molecule has 0 radical (unpaired) electrons. The number of thiazole rings is 1. The van der Waals surface area contributed by atoms with Crippen LogP contribution in [0.4, 0.5) is 5.69 Å². The van der Waals surface area contributed by atoms with Crippen molar-refractivity contribution in [3.8, 4) is 27.9 Å². The van der Waals surface area contributed by atoms with Crippen molar-refractivity contribution in [2.75, 3.05) is 5.32 Å². The van der Waals surface area contributed by atoms with Crippen LogP contribution in [0.25, 0.3) is 21.8 Å². The molecule has 0 aliphatic heterocycles. The van der Waals surface area contributed by atoms with Gasteiger partial charge in [-0.2, -0.15) is 5.26 Å². The van der Waals surface area contributed by atoms with E-state index in [4.69, 9.17) is 21.8 Å². The third-order valence-corrected chi connectivity index (χ3v) is 5.43. The molecule has 0 unspecified atom stereocenters. The number of rotatable bonds is 4. The first-order valence-electron chi connectivity index (χ1n) is 8.76. The van der Waals surface area contributed by atoms with Gasteiger partial charge in [-0.25, -0.2) is 4.98 Å². The van der Waals surface area contributed by atoms with Crippen molar-refractivity contribution < 1.29 is 4.79 Å². The minimum atomic E-state index is -0.256. The fraction of sp³-hybridized carbons (Fsp3) is 0. The Balaban J connectivity index is 1.49. The summed E-state index contributed by atoms with van der Waals surface area (Å²) < 4.78 is 0. The van der Waals surface area contributed by atoms with E-state index in [0.717, 1.165) is 21.8 Å². The van der Waals surface area contributed by atoms with Crippen molar-refractivity contribution in [2.45, 2.75) is 0 Å². The third-order valence-electron chi connectivity index (χ3n) is 4.29. The lowest BCUT2D eigenvalue weighted by Crippen LogP contribution is -2.11. The van der Waals surface area contributed by atoms with Crippen LogP contribution in [-0.4, -0.2) is 10.9 Å². The second-order valence-electron chi connectivity index (χ2n) is 6.27. The summed E-state index contributed by atoms with van der Waals surface area (Å²) in [5.41, 5.74) is 4.43. The van der Waals surface area contributed by atoms with Crippen molar-refractivity contribution in [3.05, 3.63) is 94.3 Å². The van der Waals surface area contributed by atoms with E-state index in [1.165, 1.54) is 0 Å². The van der Waals surface area contributed by atoms with Crippen LogP contribution in [0.3, 0.4) is 0 Å². The highest BCUT2D eigenvalue weighted by molar-refractivity contribution is 7.13. The molecule has 1 N–H and O–H groups in total. The molecule has 0 aliphatic carbocycles. The summed E-state index contributed by atoms with van der Waals surface area (Å²) in [5, 5.41) is 15.4. The topological polar surface area (TPSA) is 65.8 Å². The van der Waals surface area contributed by atoms with Gasteiger partial charge in [-0.3, -0.25) is 4.79 Å². The van der Waals surface area contributed by atoms with Gasteiger partial charge < -0.3 is 5.32 Å². The van der Waals surface area contributed by atoms with E-state index in [1.54, 1.807) is 35.6 Å². The zero-order chi connectivity index (χ0) is 20.2. The molecule has 140 valence electrons. The zero-order valence-electron chi connectivity index (χ0n) is 15.1. The Morgan fingerprint density at radius 1 is 1.00 bits per heavy atom. The molecule has 3 aromatic carbocycles. The van der Waals surface area contributed by atoms with Gasteiger partial charge in [-0.05, 0) is 42.5 Å². The van der Waals surface area contributed by atoms with Gasteiger partial charge in [0.25, 0.3) is 5.91 Å². The minimum Gasteiger partial charge on any atom is -0.322 e. The molecule has 1 heterocycles. The number of aromatic nitrogens is 1. The van der Waals surface area contributed by atoms with Gasteiger partial charge in [0.05, 0.1) is 17.3 Å². The van der Waals surface area contributed by atoms with Crippen LogP contribution in [-0.2, 0) is 0 Å². The van der Waals surface area contributed by atoms with Crippen molar-refractivity contribution in [3.63, 3.8) is 0 Å². The predicted molar refractivity (Wildman–Crippen MR) is 117 cm³/mol. The molecular weight excluding hydrogens is 402 g/mol. The van der Waals surface area contributed by atoms with Crippen molar-refractivity contribution in [2.24, 2.45) is 0 Å². The number of benzene rings is 3. The number of nitrogens with zero attached hydrogens (tertiary/aromatic N) is 2. The lowest BCUT2D eigenvalue weighted by Gasteiger charge is -2.06. The SMILES string of the molecule is N#Cc1cccc(C(=O)Nc2ccc(-c3csc(-c4ccc(Cl)cc4)n3)cc2)c1. The van der Waals surface area contributed by atoms with Gasteiger partial charge >= 0.3 is 0 Å². The number of nitrogens with one attached hydrogen (secondary N) is 1. The van der Waals surface area contributed by atoms with Gasteiger partial charge in [0.15, 0.2) is 0 Å². The molecule has 0 atom stereocenters. The van der Waals surface area contributed by atoms with Crippen LogP contribution in [0.1, 0.15) is 15.9 Å². The molecule has 29 heavy (non-hydrogen) atoms. The average molecular weight is 416 g/mol. The molecule has 6 heteroatoms. The van der Waals surface area contributed by atoms with Crippen molar-refractivity contribution >= 4 is 34.5 Å². The van der Waals surface area contributed by atoms with Gasteiger partial charge in [0.1, 0.15) is 5.01 Å². The maximum Gasteiger partial charge on any atom is 0.255 e. The van der Waals surface area contributed by atoms with Gasteiger partial charge in [0.2, 0.25) is 0 Å². The second kappa shape index (κ2) is 8.27. The number of carbonyl (C=O) groups excluding carboxylic acids is 1. The number of nitriles is 1. The minimum absolute atomic E-state index is 0.256. The summed E-state index contributed by atoms with van der Waals surface area (Å²) in [6, 6.07) is 23.7. The molecule has 1 aromatic heterocycles. The third kappa shape index (κ3) is 4.35. The molecule has 0 bridgehead atoms. The maximum absolute atomic E-state index is 12.4. The van der Waals surface area contributed by atoms with E-state index in [0.29, 0.717) is 21.8 Å². The van der Waals surface area contributed by atoms with Crippen molar-refractivity contribution in [1.29, 1.82) is 5.26 Å². The number of carbonyl (C=O) groups is 1. The molecule has 0 saturated heterocycles. The summed E-state index contributed by atoms with van der Waals surface area (Å²) in [6.07, 6.45) is 0. The van der Waals surface area contributed by atoms with Crippen LogP contribution in [0.5, 0.6) is 0 Å². The fourth-order valence-electron chi connectivity index (χ4n) is 2.79. The Hall–Kier alpha value is -3.46. The van der Waals surface area contributed by atoms with Crippen LogP contribution in [0.2, 0.25) is 5.02 Å². The standard InChI is InChI=1S/C23H14ClN3OS/c24-19-8-4-17(5-9-19)23-27-21(14-29-23)16-6-10-20(11-7-16)26-22(28)18-3-1-2-15(12-18)13-25/h1-12,14H,(H,26,28). The molecule has 1 amide bonds. The Kier molecular flexibility index (Phi) is 5.39. The molecule has 0 saturated carbocycles. The predicted octanol–water partition coefficient (Wildman–Crippen LogP) is 6.25. The van der Waals surface area contributed by atoms with E-state index in [1.807, 2.05) is 60.0 Å². The first-order valence-corrected chi connectivity index (χ1v) is 10.0. The molecular formula is C23H14ClN3OS. The Labute approximate surface area is 177 Å². The van der Waals surface area contributed by atoms with Crippen molar-refractivity contribution in [1.82, 2.24) is 4.98 Å². The number of amides is 1. The first kappa shape index (κ1) is 18.9. The highest BCUT2D eigenvalue weighted by Gasteiger charge is 2.09. The van der Waals surface area contributed by atoms with E-state index < -0.39 is 0 Å². The second-order valence-corrected chi connectivity index (χ2v) is 7.56. The Morgan fingerprint density at radius 2 is 1.72 bits per heavy atom. The molecule has 4 aromatic rings. The van der Waals surface area contributed by atoms with Gasteiger partial charge in [0, 0.05) is 32.8 Å². The summed E-state index contributed by atoms with van der Waals surface area (Å²) in [7, 11) is 0. The highest BCUT2D eigenvalue weighted by atomic mass is 35.5. The van der Waals surface area contributed by atoms with Crippen LogP contribution >= 0.6 is 22.9 Å². The van der Waals surface area contributed by atoms with E-state index in [-0.39, 0.29) is 5.91 Å². The van der Waals surface area contributed by atoms with E-state index in [2.05, 4.69) is 5.32 Å². The summed E-state index contributed by atoms with van der Waals surface area (Å²) in [6.45, 7) is 0.